The third-order valence-corrected chi connectivity index (χ3v) is 8.31. The highest BCUT2D eigenvalue weighted by Gasteiger charge is 2.34. The molecule has 8 nitrogen and oxygen atoms in total. The smallest absolute Gasteiger partial charge is 0.326 e. The second-order valence-electron chi connectivity index (χ2n) is 11.3. The number of halogens is 2. The van der Waals surface area contributed by atoms with E-state index in [9.17, 15) is 23.9 Å². The molecule has 1 aliphatic rings. The molecule has 0 spiro atoms. The van der Waals surface area contributed by atoms with Gasteiger partial charge in [-0.25, -0.2) is 13.6 Å². The molecule has 4 aromatic rings. The van der Waals surface area contributed by atoms with Crippen molar-refractivity contribution in [3.8, 4) is 11.1 Å². The summed E-state index contributed by atoms with van der Waals surface area (Å²) in [4.78, 5) is 41.3. The molecule has 0 aliphatic heterocycles. The second kappa shape index (κ2) is 10.7. The van der Waals surface area contributed by atoms with Crippen molar-refractivity contribution in [3.63, 3.8) is 0 Å². The van der Waals surface area contributed by atoms with Crippen LogP contribution in [-0.2, 0) is 12.8 Å². The molecule has 3 aromatic carbocycles. The van der Waals surface area contributed by atoms with Crippen molar-refractivity contribution in [2.24, 2.45) is 11.7 Å². The van der Waals surface area contributed by atoms with Crippen molar-refractivity contribution < 1.29 is 28.3 Å². The Hall–Kier alpha value is -4.57. The van der Waals surface area contributed by atoms with Crippen LogP contribution in [0.2, 0.25) is 0 Å². The first kappa shape index (κ1) is 28.9. The van der Waals surface area contributed by atoms with E-state index in [-0.39, 0.29) is 28.3 Å². The maximum absolute atomic E-state index is 16.0. The van der Waals surface area contributed by atoms with Crippen LogP contribution in [-0.4, -0.2) is 41.0 Å². The van der Waals surface area contributed by atoms with E-state index < -0.39 is 29.2 Å². The Labute approximate surface area is 241 Å². The van der Waals surface area contributed by atoms with Crippen LogP contribution in [0.5, 0.6) is 0 Å². The van der Waals surface area contributed by atoms with Crippen molar-refractivity contribution in [1.29, 1.82) is 0 Å². The van der Waals surface area contributed by atoms with Gasteiger partial charge >= 0.3 is 6.03 Å². The van der Waals surface area contributed by atoms with Gasteiger partial charge in [-0.05, 0) is 86.9 Å². The van der Waals surface area contributed by atoms with E-state index in [1.54, 1.807) is 39.0 Å². The third-order valence-electron chi connectivity index (χ3n) is 8.31. The number of nitrogens with two attached hydrogens (primary N) is 1. The fourth-order valence-electron chi connectivity index (χ4n) is 5.96. The average Bonchev–Trinajstić information content (AvgIpc) is 3.31. The lowest BCUT2D eigenvalue weighted by Crippen LogP contribution is -2.34. The molecular formula is C32H32F2N4O4. The molecule has 218 valence electrons. The molecule has 0 saturated heterocycles. The number of nitrogens with one attached hydrogen (secondary N) is 2. The molecule has 1 heterocycles. The first-order chi connectivity index (χ1) is 19.8. The summed E-state index contributed by atoms with van der Waals surface area (Å²) < 4.78 is 30.5. The number of para-hydroxylation sites is 1. The number of fused-ring (bicyclic) bond motifs is 3. The number of benzene rings is 3. The number of aromatic nitrogens is 1. The molecule has 5 rings (SSSR count). The summed E-state index contributed by atoms with van der Waals surface area (Å²) in [6.07, 6.45) is 2.22. The lowest BCUT2D eigenvalue weighted by Gasteiger charge is -2.32. The van der Waals surface area contributed by atoms with E-state index >= 15 is 4.39 Å². The zero-order valence-corrected chi connectivity index (χ0v) is 23.8. The van der Waals surface area contributed by atoms with Crippen LogP contribution >= 0.6 is 0 Å². The SMILES string of the molecule is Cc1c(NC(=O)N(C)c2c(F)cccc2C=O)cccc1-c1c(F)cc(C(N)=O)c2[nH]c3c(c12)CCC(C(C)(C)O)C3. The number of H-pyrrole nitrogens is 1. The van der Waals surface area contributed by atoms with Gasteiger partial charge in [0.05, 0.1) is 22.4 Å². The molecule has 0 radical (unpaired) electrons. The van der Waals surface area contributed by atoms with Crippen molar-refractivity contribution in [2.45, 2.75) is 45.6 Å². The number of amides is 3. The average molecular weight is 575 g/mol. The van der Waals surface area contributed by atoms with Gasteiger partial charge in [0.2, 0.25) is 0 Å². The third kappa shape index (κ3) is 4.92. The van der Waals surface area contributed by atoms with Crippen molar-refractivity contribution in [3.05, 3.63) is 82.0 Å². The number of hydrogen-bond donors (Lipinski definition) is 4. The van der Waals surface area contributed by atoms with E-state index in [1.165, 1.54) is 19.2 Å². The summed E-state index contributed by atoms with van der Waals surface area (Å²) in [6.45, 7) is 5.25. The van der Waals surface area contributed by atoms with Gasteiger partial charge < -0.3 is 21.1 Å². The Morgan fingerprint density at radius 3 is 2.55 bits per heavy atom. The fraction of sp³-hybridized carbons (Fsp3) is 0.281. The Balaban J connectivity index is 1.61. The Morgan fingerprint density at radius 1 is 1.17 bits per heavy atom. The predicted octanol–water partition coefficient (Wildman–Crippen LogP) is 5.88. The number of rotatable bonds is 6. The summed E-state index contributed by atoms with van der Waals surface area (Å²) in [6, 6.07) is 9.39. The van der Waals surface area contributed by atoms with Crippen LogP contribution in [0.15, 0.2) is 42.5 Å². The molecule has 1 unspecified atom stereocenters. The number of aromatic amines is 1. The quantitative estimate of drug-likeness (QED) is 0.215. The zero-order chi connectivity index (χ0) is 30.5. The Morgan fingerprint density at radius 2 is 1.88 bits per heavy atom. The van der Waals surface area contributed by atoms with Gasteiger partial charge in [-0.2, -0.15) is 0 Å². The second-order valence-corrected chi connectivity index (χ2v) is 11.3. The molecule has 3 amide bonds. The number of anilines is 2. The van der Waals surface area contributed by atoms with E-state index in [1.807, 2.05) is 0 Å². The Bertz CT molecular complexity index is 1760. The number of aldehydes is 1. The van der Waals surface area contributed by atoms with Crippen LogP contribution < -0.4 is 16.0 Å². The van der Waals surface area contributed by atoms with E-state index in [2.05, 4.69) is 10.3 Å². The van der Waals surface area contributed by atoms with Gasteiger partial charge in [0.1, 0.15) is 11.6 Å². The summed E-state index contributed by atoms with van der Waals surface area (Å²) in [5, 5.41) is 13.9. The molecule has 0 saturated carbocycles. The summed E-state index contributed by atoms with van der Waals surface area (Å²) in [7, 11) is 1.35. The number of carbonyl (C=O) groups excluding carboxylic acids is 3. The molecule has 10 heteroatoms. The highest BCUT2D eigenvalue weighted by Crippen LogP contribution is 2.43. The minimum atomic E-state index is -0.916. The summed E-state index contributed by atoms with van der Waals surface area (Å²) >= 11 is 0. The molecular weight excluding hydrogens is 542 g/mol. The predicted molar refractivity (Wildman–Crippen MR) is 158 cm³/mol. The zero-order valence-electron chi connectivity index (χ0n) is 23.8. The van der Waals surface area contributed by atoms with E-state index in [4.69, 9.17) is 5.73 Å². The van der Waals surface area contributed by atoms with Crippen LogP contribution in [0.25, 0.3) is 22.0 Å². The number of nitrogens with zero attached hydrogens (tertiary/aromatic N) is 1. The van der Waals surface area contributed by atoms with Crippen LogP contribution in [0.4, 0.5) is 25.0 Å². The lowest BCUT2D eigenvalue weighted by molar-refractivity contribution is 0.0107. The standard InChI is InChI=1S/C32H32F2N4O4/c1-16-19(8-6-10-24(16)37-31(41)38(4)29-17(15-39)7-5-9-22(29)33)26-23(34)14-21(30(35)40)28-27(26)20-12-11-18(32(2,3)42)13-25(20)36-28/h5-10,14-15,18,36,42H,11-13H2,1-4H3,(H2,35,40)(H,37,41). The number of urea groups is 1. The van der Waals surface area contributed by atoms with Crippen LogP contribution in [0.1, 0.15) is 57.8 Å². The molecule has 5 N–H and O–H groups in total. The normalized spacial score (nSPS) is 14.9. The molecule has 0 bridgehead atoms. The van der Waals surface area contributed by atoms with Gasteiger partial charge in [0.25, 0.3) is 5.91 Å². The number of aryl methyl sites for hydroxylation is 1. The van der Waals surface area contributed by atoms with Crippen molar-refractivity contribution in [2.75, 3.05) is 17.3 Å². The van der Waals surface area contributed by atoms with E-state index in [0.29, 0.717) is 53.3 Å². The van der Waals surface area contributed by atoms with Crippen LogP contribution in [0, 0.1) is 24.5 Å². The summed E-state index contributed by atoms with van der Waals surface area (Å²) in [5.74, 6) is -2.18. The molecule has 1 atom stereocenters. The minimum Gasteiger partial charge on any atom is -0.390 e. The van der Waals surface area contributed by atoms with Gasteiger partial charge in [-0.1, -0.05) is 18.2 Å². The number of carbonyl (C=O) groups is 3. The molecule has 0 fully saturated rings. The Kier molecular flexibility index (Phi) is 7.36. The maximum Gasteiger partial charge on any atom is 0.326 e. The van der Waals surface area contributed by atoms with Gasteiger partial charge in [0, 0.05) is 34.9 Å². The van der Waals surface area contributed by atoms with Crippen molar-refractivity contribution in [1.82, 2.24) is 4.98 Å². The number of aliphatic hydroxyl groups is 1. The monoisotopic (exact) mass is 574 g/mol. The summed E-state index contributed by atoms with van der Waals surface area (Å²) in [5.41, 5.74) is 8.34. The number of hydrogen-bond acceptors (Lipinski definition) is 4. The number of primary amides is 1. The topological polar surface area (TPSA) is 129 Å². The first-order valence-electron chi connectivity index (χ1n) is 13.6. The van der Waals surface area contributed by atoms with Crippen LogP contribution in [0.3, 0.4) is 0 Å². The van der Waals surface area contributed by atoms with Crippen molar-refractivity contribution >= 4 is 40.5 Å². The molecule has 42 heavy (non-hydrogen) atoms. The van der Waals surface area contributed by atoms with Gasteiger partial charge in [-0.3, -0.25) is 14.5 Å². The fourth-order valence-corrected chi connectivity index (χ4v) is 5.96. The lowest BCUT2D eigenvalue weighted by atomic mass is 9.77. The minimum absolute atomic E-state index is 0.0150. The highest BCUT2D eigenvalue weighted by atomic mass is 19.1. The van der Waals surface area contributed by atoms with Gasteiger partial charge in [-0.15, -0.1) is 0 Å². The molecule has 1 aliphatic carbocycles. The highest BCUT2D eigenvalue weighted by molar-refractivity contribution is 6.12. The van der Waals surface area contributed by atoms with E-state index in [0.717, 1.165) is 28.3 Å². The largest absolute Gasteiger partial charge is 0.390 e. The van der Waals surface area contributed by atoms with Gasteiger partial charge in [0.15, 0.2) is 6.29 Å². The first-order valence-corrected chi connectivity index (χ1v) is 13.6. The molecule has 1 aromatic heterocycles. The maximum atomic E-state index is 16.0.